The molecule has 1 rings (SSSR count). The molecule has 0 saturated heterocycles. The lowest BCUT2D eigenvalue weighted by Gasteiger charge is -2.10. The van der Waals surface area contributed by atoms with Crippen LogP contribution in [0, 0.1) is 0 Å². The van der Waals surface area contributed by atoms with E-state index in [1.807, 2.05) is 4.72 Å². The molecule has 1 aromatic rings. The molecule has 10 heteroatoms. The van der Waals surface area contributed by atoms with Gasteiger partial charge in [-0.2, -0.15) is 13.2 Å². The second-order valence-corrected chi connectivity index (χ2v) is 6.71. The number of hydrogen-bond donors (Lipinski definition) is 2. The third-order valence-electron chi connectivity index (χ3n) is 1.92. The van der Waals surface area contributed by atoms with Gasteiger partial charge in [0.15, 0.2) is 0 Å². The Morgan fingerprint density at radius 1 is 1.37 bits per heavy atom. The van der Waals surface area contributed by atoms with Gasteiger partial charge >= 0.3 is 5.51 Å². The number of nitrogens with two attached hydrogens (primary N) is 1. The highest BCUT2D eigenvalue weighted by atomic mass is 35.5. The van der Waals surface area contributed by atoms with E-state index in [-0.39, 0.29) is 33.9 Å². The van der Waals surface area contributed by atoms with Crippen LogP contribution in [-0.4, -0.2) is 26.2 Å². The van der Waals surface area contributed by atoms with Gasteiger partial charge in [-0.15, -0.1) is 0 Å². The zero-order valence-electron chi connectivity index (χ0n) is 9.37. The molecule has 0 unspecified atom stereocenters. The summed E-state index contributed by atoms with van der Waals surface area (Å²) in [5.41, 5.74) is 1.07. The number of halogens is 4. The summed E-state index contributed by atoms with van der Waals surface area (Å²) < 4.78 is 61.2. The molecule has 0 spiro atoms. The molecule has 19 heavy (non-hydrogen) atoms. The number of rotatable bonds is 5. The Kier molecular flexibility index (Phi) is 5.36. The van der Waals surface area contributed by atoms with Crippen molar-refractivity contribution in [1.82, 2.24) is 4.72 Å². The van der Waals surface area contributed by atoms with Crippen LogP contribution in [0.3, 0.4) is 0 Å². The van der Waals surface area contributed by atoms with Gasteiger partial charge in [0, 0.05) is 17.3 Å². The van der Waals surface area contributed by atoms with Crippen LogP contribution >= 0.6 is 23.4 Å². The van der Waals surface area contributed by atoms with E-state index in [0.29, 0.717) is 0 Å². The fraction of sp³-hybridized carbons (Fsp3) is 0.333. The van der Waals surface area contributed by atoms with E-state index >= 15 is 0 Å². The molecule has 1 aromatic carbocycles. The van der Waals surface area contributed by atoms with Crippen molar-refractivity contribution in [3.8, 4) is 0 Å². The summed E-state index contributed by atoms with van der Waals surface area (Å²) >= 11 is 5.34. The normalized spacial score (nSPS) is 12.6. The Labute approximate surface area is 117 Å². The van der Waals surface area contributed by atoms with Crippen LogP contribution in [-0.2, 0) is 10.0 Å². The first-order valence-corrected chi connectivity index (χ1v) is 7.72. The quantitative estimate of drug-likeness (QED) is 0.641. The van der Waals surface area contributed by atoms with Crippen LogP contribution in [0.4, 0.5) is 18.9 Å². The average Bonchev–Trinajstić information content (AvgIpc) is 2.26. The van der Waals surface area contributed by atoms with E-state index in [4.69, 9.17) is 17.3 Å². The van der Waals surface area contributed by atoms with Gasteiger partial charge in [-0.3, -0.25) is 0 Å². The number of benzene rings is 1. The van der Waals surface area contributed by atoms with Crippen molar-refractivity contribution in [2.45, 2.75) is 10.4 Å². The van der Waals surface area contributed by atoms with Crippen LogP contribution in [0.2, 0.25) is 5.02 Å². The van der Waals surface area contributed by atoms with Crippen LogP contribution in [0.1, 0.15) is 0 Å². The number of nitrogen functional groups attached to an aromatic ring is 1. The van der Waals surface area contributed by atoms with Gasteiger partial charge in [0.05, 0.1) is 5.69 Å². The third kappa shape index (κ3) is 5.47. The summed E-state index contributed by atoms with van der Waals surface area (Å²) in [6, 6.07) is 3.85. The fourth-order valence-corrected chi connectivity index (χ4v) is 3.15. The molecule has 0 bridgehead atoms. The summed E-state index contributed by atoms with van der Waals surface area (Å²) in [7, 11) is -3.97. The van der Waals surface area contributed by atoms with E-state index in [9.17, 15) is 21.6 Å². The first-order chi connectivity index (χ1) is 8.62. The molecule has 0 saturated carbocycles. The Morgan fingerprint density at radius 2 is 2.00 bits per heavy atom. The van der Waals surface area contributed by atoms with E-state index < -0.39 is 21.3 Å². The van der Waals surface area contributed by atoms with E-state index in [2.05, 4.69) is 0 Å². The highest BCUT2D eigenvalue weighted by Crippen LogP contribution is 2.29. The van der Waals surface area contributed by atoms with Gasteiger partial charge in [0.1, 0.15) is 4.90 Å². The largest absolute Gasteiger partial charge is 0.441 e. The maximum absolute atomic E-state index is 11.9. The monoisotopic (exact) mass is 334 g/mol. The van der Waals surface area contributed by atoms with Crippen molar-refractivity contribution >= 4 is 39.1 Å². The van der Waals surface area contributed by atoms with Gasteiger partial charge in [0.25, 0.3) is 0 Å². The minimum atomic E-state index is -4.39. The first-order valence-electron chi connectivity index (χ1n) is 4.87. The summed E-state index contributed by atoms with van der Waals surface area (Å²) in [6.07, 6.45) is 0. The van der Waals surface area contributed by atoms with Crippen LogP contribution in [0.15, 0.2) is 23.1 Å². The number of anilines is 1. The third-order valence-corrected chi connectivity index (χ3v) is 4.41. The number of thioether (sulfide) groups is 1. The highest BCUT2D eigenvalue weighted by molar-refractivity contribution is 8.00. The summed E-state index contributed by atoms with van der Waals surface area (Å²) in [5.74, 6) is -0.427. The maximum Gasteiger partial charge on any atom is 0.441 e. The van der Waals surface area contributed by atoms with Crippen molar-refractivity contribution in [1.29, 1.82) is 0 Å². The molecule has 3 N–H and O–H groups in total. The summed E-state index contributed by atoms with van der Waals surface area (Å²) in [4.78, 5) is -0.253. The summed E-state index contributed by atoms with van der Waals surface area (Å²) in [5, 5.41) is 0.166. The molecule has 4 nitrogen and oxygen atoms in total. The molecule has 0 radical (unpaired) electrons. The Hall–Kier alpha value is -0.640. The minimum absolute atomic E-state index is 0.0274. The zero-order chi connectivity index (χ0) is 14.7. The standard InChI is InChI=1S/C9H10ClF3N2O2S2/c10-6-1-2-7(14)8(5-6)19(16,17)15-3-4-18-9(11,12)13/h1-2,5,15H,3-4,14H2. The van der Waals surface area contributed by atoms with Gasteiger partial charge < -0.3 is 5.73 Å². The number of sulfonamides is 1. The van der Waals surface area contributed by atoms with E-state index in [1.54, 1.807) is 0 Å². The number of nitrogens with one attached hydrogen (secondary N) is 1. The maximum atomic E-state index is 11.9. The molecule has 0 aromatic heterocycles. The second-order valence-electron chi connectivity index (χ2n) is 3.37. The molecule has 0 atom stereocenters. The second kappa shape index (κ2) is 6.21. The molecule has 108 valence electrons. The summed E-state index contributed by atoms with van der Waals surface area (Å²) in [6.45, 7) is -0.363. The lowest BCUT2D eigenvalue weighted by Crippen LogP contribution is -2.27. The number of hydrogen-bond acceptors (Lipinski definition) is 4. The van der Waals surface area contributed by atoms with Crippen LogP contribution in [0.25, 0.3) is 0 Å². The molecular weight excluding hydrogens is 325 g/mol. The predicted molar refractivity (Wildman–Crippen MR) is 69.6 cm³/mol. The molecule has 0 aliphatic carbocycles. The smallest absolute Gasteiger partial charge is 0.398 e. The van der Waals surface area contributed by atoms with Crippen molar-refractivity contribution in [2.75, 3.05) is 18.0 Å². The first kappa shape index (κ1) is 16.4. The number of alkyl halides is 3. The van der Waals surface area contributed by atoms with Gasteiger partial charge in [0.2, 0.25) is 10.0 Å². The van der Waals surface area contributed by atoms with Crippen molar-refractivity contribution in [3.05, 3.63) is 23.2 Å². The Morgan fingerprint density at radius 3 is 2.58 bits per heavy atom. The topological polar surface area (TPSA) is 72.2 Å². The van der Waals surface area contributed by atoms with Gasteiger partial charge in [-0.1, -0.05) is 11.6 Å². The van der Waals surface area contributed by atoms with Crippen molar-refractivity contribution in [3.63, 3.8) is 0 Å². The Bertz CT molecular complexity index is 549. The van der Waals surface area contributed by atoms with Crippen LogP contribution < -0.4 is 10.5 Å². The lowest BCUT2D eigenvalue weighted by molar-refractivity contribution is -0.0327. The molecular formula is C9H10ClF3N2O2S2. The van der Waals surface area contributed by atoms with Gasteiger partial charge in [-0.05, 0) is 30.0 Å². The zero-order valence-corrected chi connectivity index (χ0v) is 11.8. The minimum Gasteiger partial charge on any atom is -0.398 e. The van der Waals surface area contributed by atoms with Crippen LogP contribution in [0.5, 0.6) is 0 Å². The van der Waals surface area contributed by atoms with Gasteiger partial charge in [-0.25, -0.2) is 13.1 Å². The Balaban J connectivity index is 2.69. The van der Waals surface area contributed by atoms with Crippen molar-refractivity contribution in [2.24, 2.45) is 0 Å². The van der Waals surface area contributed by atoms with Crippen molar-refractivity contribution < 1.29 is 21.6 Å². The molecule has 0 heterocycles. The fourth-order valence-electron chi connectivity index (χ4n) is 1.16. The highest BCUT2D eigenvalue weighted by Gasteiger charge is 2.28. The lowest BCUT2D eigenvalue weighted by atomic mass is 10.3. The SMILES string of the molecule is Nc1ccc(Cl)cc1S(=O)(=O)NCCSC(F)(F)F. The predicted octanol–water partition coefficient (Wildman–Crippen LogP) is 2.45. The molecule has 0 aliphatic heterocycles. The molecule has 0 amide bonds. The van der Waals surface area contributed by atoms with E-state index in [1.165, 1.54) is 12.1 Å². The molecule has 0 aliphatic rings. The average molecular weight is 335 g/mol. The van der Waals surface area contributed by atoms with E-state index in [0.717, 1.165) is 6.07 Å². The molecule has 0 fully saturated rings.